The van der Waals surface area contributed by atoms with Crippen molar-refractivity contribution in [3.8, 4) is 5.75 Å². The van der Waals surface area contributed by atoms with E-state index in [9.17, 15) is 13.9 Å². The fourth-order valence-electron chi connectivity index (χ4n) is 4.32. The fourth-order valence-corrected chi connectivity index (χ4v) is 4.51. The largest absolute Gasteiger partial charge is 0.491 e. The van der Waals surface area contributed by atoms with Crippen LogP contribution in [0.1, 0.15) is 43.4 Å². The molecule has 1 unspecified atom stereocenters. The summed E-state index contributed by atoms with van der Waals surface area (Å²) in [6.45, 7) is 3.68. The molecule has 1 N–H and O–H groups in total. The molecule has 2 aromatic carbocycles. The number of fused-ring (bicyclic) bond motifs is 2. The minimum absolute atomic E-state index is 0.0732. The first-order valence-corrected chi connectivity index (χ1v) is 10.5. The zero-order valence-corrected chi connectivity index (χ0v) is 17.7. The minimum Gasteiger partial charge on any atom is -0.491 e. The van der Waals surface area contributed by atoms with Crippen molar-refractivity contribution in [3.05, 3.63) is 63.9 Å². The molecule has 4 nitrogen and oxygen atoms in total. The Morgan fingerprint density at radius 3 is 2.77 bits per heavy atom. The number of aliphatic hydroxyl groups is 1. The summed E-state index contributed by atoms with van der Waals surface area (Å²) in [6.07, 6.45) is -1.23. The van der Waals surface area contributed by atoms with E-state index in [0.717, 1.165) is 11.1 Å². The molecule has 2 saturated heterocycles. The smallest absolute Gasteiger partial charge is 0.198 e. The van der Waals surface area contributed by atoms with Gasteiger partial charge in [-0.3, -0.25) is 0 Å². The number of ether oxygens (including phenoxy) is 3. The molecule has 0 aromatic heterocycles. The van der Waals surface area contributed by atoms with Crippen molar-refractivity contribution in [3.63, 3.8) is 0 Å². The van der Waals surface area contributed by atoms with Gasteiger partial charge in [0.25, 0.3) is 0 Å². The molecule has 2 aromatic rings. The van der Waals surface area contributed by atoms with Crippen LogP contribution in [-0.4, -0.2) is 36.2 Å². The van der Waals surface area contributed by atoms with E-state index >= 15 is 0 Å². The fraction of sp³-hybridized carbons (Fsp3) is 0.478. The van der Waals surface area contributed by atoms with E-state index in [2.05, 4.69) is 0 Å². The minimum atomic E-state index is -1.28. The average Bonchev–Trinajstić information content (AvgIpc) is 2.99. The van der Waals surface area contributed by atoms with E-state index in [0.29, 0.717) is 23.6 Å². The molecule has 4 rings (SSSR count). The van der Waals surface area contributed by atoms with Gasteiger partial charge in [0.2, 0.25) is 0 Å². The number of halogens is 3. The van der Waals surface area contributed by atoms with E-state index in [4.69, 9.17) is 25.8 Å². The first kappa shape index (κ1) is 21.5. The number of benzene rings is 2. The summed E-state index contributed by atoms with van der Waals surface area (Å²) in [5.74, 6) is -1.44. The molecule has 2 heterocycles. The first-order chi connectivity index (χ1) is 14.3. The molecule has 0 spiro atoms. The highest BCUT2D eigenvalue weighted by atomic mass is 35.5. The van der Waals surface area contributed by atoms with Gasteiger partial charge in [-0.25, -0.2) is 8.78 Å². The zero-order chi connectivity index (χ0) is 21.5. The highest BCUT2D eigenvalue weighted by Gasteiger charge is 2.59. The molecule has 0 amide bonds. The lowest BCUT2D eigenvalue weighted by Crippen LogP contribution is -2.50. The summed E-state index contributed by atoms with van der Waals surface area (Å²) in [4.78, 5) is 0. The van der Waals surface area contributed by atoms with Crippen LogP contribution in [0.15, 0.2) is 36.4 Å². The van der Waals surface area contributed by atoms with Crippen molar-refractivity contribution < 1.29 is 28.1 Å². The topological polar surface area (TPSA) is 47.9 Å². The van der Waals surface area contributed by atoms with Crippen LogP contribution < -0.4 is 4.74 Å². The van der Waals surface area contributed by atoms with Crippen LogP contribution in [0, 0.1) is 5.82 Å². The van der Waals surface area contributed by atoms with Crippen LogP contribution in [0.4, 0.5) is 8.78 Å². The summed E-state index contributed by atoms with van der Waals surface area (Å²) < 4.78 is 45.9. The van der Waals surface area contributed by atoms with Gasteiger partial charge in [-0.1, -0.05) is 23.7 Å². The first-order valence-electron chi connectivity index (χ1n) is 10.1. The van der Waals surface area contributed by atoms with Crippen LogP contribution >= 0.6 is 11.6 Å². The third-order valence-corrected chi connectivity index (χ3v) is 6.27. The second-order valence-electron chi connectivity index (χ2n) is 8.07. The molecular weight excluding hydrogens is 414 g/mol. The van der Waals surface area contributed by atoms with Gasteiger partial charge in [0.1, 0.15) is 11.8 Å². The third kappa shape index (κ3) is 3.82. The Kier molecular flexibility index (Phi) is 5.79. The maximum Gasteiger partial charge on any atom is 0.198 e. The second kappa shape index (κ2) is 8.08. The molecule has 162 valence electrons. The Bertz CT molecular complexity index is 937. The van der Waals surface area contributed by atoms with Gasteiger partial charge in [0.15, 0.2) is 17.4 Å². The monoisotopic (exact) mass is 438 g/mol. The summed E-state index contributed by atoms with van der Waals surface area (Å²) >= 11 is 6.40. The molecule has 0 aliphatic carbocycles. The molecule has 2 aliphatic rings. The van der Waals surface area contributed by atoms with E-state index in [1.165, 1.54) is 13.0 Å². The summed E-state index contributed by atoms with van der Waals surface area (Å²) in [7, 11) is 0. The lowest BCUT2D eigenvalue weighted by molar-refractivity contribution is -0.252. The number of hydrogen-bond donors (Lipinski definition) is 1. The van der Waals surface area contributed by atoms with Crippen molar-refractivity contribution >= 4 is 11.6 Å². The molecule has 4 atom stereocenters. The maximum atomic E-state index is 14.3. The molecule has 2 bridgehead atoms. The summed E-state index contributed by atoms with van der Waals surface area (Å²) in [5, 5.41) is 10.9. The van der Waals surface area contributed by atoms with Gasteiger partial charge in [-0.2, -0.15) is 0 Å². The summed E-state index contributed by atoms with van der Waals surface area (Å²) in [5.41, 5.74) is 0.992. The molecule has 2 fully saturated rings. The van der Waals surface area contributed by atoms with Crippen LogP contribution in [0.3, 0.4) is 0 Å². The SMILES string of the molecule is CCOc1ccc(Cc2cc([C@]34C[C@@H](O)C[C@](C(C)F)(CO3)O4)ccc2Cl)cc1F. The van der Waals surface area contributed by atoms with Crippen LogP contribution in [0.5, 0.6) is 5.75 Å². The molecule has 0 radical (unpaired) electrons. The van der Waals surface area contributed by atoms with Gasteiger partial charge in [-0.15, -0.1) is 0 Å². The highest BCUT2D eigenvalue weighted by Crippen LogP contribution is 2.51. The zero-order valence-electron chi connectivity index (χ0n) is 17.0. The van der Waals surface area contributed by atoms with Crippen molar-refractivity contribution in [1.29, 1.82) is 0 Å². The Morgan fingerprint density at radius 1 is 1.27 bits per heavy atom. The second-order valence-corrected chi connectivity index (χ2v) is 8.47. The van der Waals surface area contributed by atoms with Crippen LogP contribution in [-0.2, 0) is 21.7 Å². The van der Waals surface area contributed by atoms with Crippen molar-refractivity contribution in [2.45, 2.75) is 56.8 Å². The van der Waals surface area contributed by atoms with Gasteiger partial charge in [0.05, 0.1) is 19.3 Å². The normalized spacial score (nSPS) is 29.1. The maximum absolute atomic E-state index is 14.3. The molecular formula is C23H25ClF2O4. The highest BCUT2D eigenvalue weighted by molar-refractivity contribution is 6.31. The van der Waals surface area contributed by atoms with E-state index in [1.54, 1.807) is 31.2 Å². The Labute approximate surface area is 179 Å². The average molecular weight is 439 g/mol. The van der Waals surface area contributed by atoms with Crippen LogP contribution in [0.25, 0.3) is 0 Å². The Morgan fingerprint density at radius 2 is 2.07 bits per heavy atom. The molecule has 7 heteroatoms. The van der Waals surface area contributed by atoms with Crippen molar-refractivity contribution in [1.82, 2.24) is 0 Å². The lowest BCUT2D eigenvalue weighted by atomic mass is 9.85. The predicted molar refractivity (Wildman–Crippen MR) is 109 cm³/mol. The molecule has 2 aliphatic heterocycles. The number of hydrogen-bond acceptors (Lipinski definition) is 4. The van der Waals surface area contributed by atoms with Crippen molar-refractivity contribution in [2.75, 3.05) is 13.2 Å². The summed E-state index contributed by atoms with van der Waals surface area (Å²) in [6, 6.07) is 10.1. The molecule has 0 saturated carbocycles. The third-order valence-electron chi connectivity index (χ3n) is 5.90. The lowest BCUT2D eigenvalue weighted by Gasteiger charge is -2.41. The molecule has 30 heavy (non-hydrogen) atoms. The van der Waals surface area contributed by atoms with E-state index in [-0.39, 0.29) is 25.2 Å². The number of rotatable bonds is 6. The van der Waals surface area contributed by atoms with Crippen LogP contribution in [0.2, 0.25) is 5.02 Å². The Balaban J connectivity index is 1.63. The van der Waals surface area contributed by atoms with Gasteiger partial charge >= 0.3 is 0 Å². The quantitative estimate of drug-likeness (QED) is 0.695. The van der Waals surface area contributed by atoms with Crippen molar-refractivity contribution in [2.24, 2.45) is 0 Å². The van der Waals surface area contributed by atoms with Gasteiger partial charge in [-0.05, 0) is 55.7 Å². The van der Waals surface area contributed by atoms with E-state index in [1.807, 2.05) is 6.07 Å². The number of aliphatic hydroxyl groups excluding tert-OH is 1. The van der Waals surface area contributed by atoms with Gasteiger partial charge < -0.3 is 19.3 Å². The Hall–Kier alpha value is -1.73. The predicted octanol–water partition coefficient (Wildman–Crippen LogP) is 4.92. The van der Waals surface area contributed by atoms with Gasteiger partial charge in [0, 0.05) is 23.4 Å². The standard InChI is InChI=1S/C23H25ClF2O4/c1-3-28-21-7-4-15(9-20(21)26)8-16-10-17(5-6-19(16)24)23-12-18(27)11-22(30-23,13-29-23)14(2)25/h4-7,9-10,14,18,27H,3,8,11-13H2,1-2H3/t14?,18-,22+,23+/m0/s1. The van der Waals surface area contributed by atoms with E-state index < -0.39 is 29.5 Å². The number of alkyl halides is 1.